The van der Waals surface area contributed by atoms with Crippen LogP contribution in [0.25, 0.3) is 5.69 Å². The van der Waals surface area contributed by atoms with E-state index in [2.05, 4.69) is 15.5 Å². The maximum atomic E-state index is 12.6. The summed E-state index contributed by atoms with van der Waals surface area (Å²) in [7, 11) is 0. The Kier molecular flexibility index (Phi) is 4.79. The highest BCUT2D eigenvalue weighted by Gasteiger charge is 2.31. The fraction of sp³-hybridized carbons (Fsp3) is 0.316. The van der Waals surface area contributed by atoms with Gasteiger partial charge in [-0.05, 0) is 39.8 Å². The van der Waals surface area contributed by atoms with E-state index in [0.717, 1.165) is 5.69 Å². The van der Waals surface area contributed by atoms with Crippen molar-refractivity contribution < 1.29 is 9.53 Å². The van der Waals surface area contributed by atoms with Gasteiger partial charge < -0.3 is 10.1 Å². The van der Waals surface area contributed by atoms with Crippen LogP contribution in [-0.2, 0) is 4.79 Å². The molecular weight excluding hydrogens is 330 g/mol. The summed E-state index contributed by atoms with van der Waals surface area (Å²) >= 11 is 0. The number of carbonyl (C=O) groups excluding carboxylic acids is 1. The molecule has 2 aromatic heterocycles. The van der Waals surface area contributed by atoms with Crippen molar-refractivity contribution in [3.63, 3.8) is 0 Å². The molecule has 136 valence electrons. The maximum Gasteiger partial charge on any atom is 0.268 e. The van der Waals surface area contributed by atoms with Gasteiger partial charge in [-0.2, -0.15) is 5.10 Å². The van der Waals surface area contributed by atoms with Gasteiger partial charge in [0.1, 0.15) is 0 Å². The summed E-state index contributed by atoms with van der Waals surface area (Å²) in [5, 5.41) is 11.4. The van der Waals surface area contributed by atoms with Crippen LogP contribution in [0.1, 0.15) is 33.7 Å². The number of nitrogens with zero attached hydrogens (tertiary/aromatic N) is 4. The molecule has 0 saturated heterocycles. The summed E-state index contributed by atoms with van der Waals surface area (Å²) in [5.74, 6) is 0.113. The second-order valence-corrected chi connectivity index (χ2v) is 6.80. The number of benzene rings is 1. The van der Waals surface area contributed by atoms with Gasteiger partial charge in [-0.25, -0.2) is 4.68 Å². The van der Waals surface area contributed by atoms with Crippen molar-refractivity contribution in [3.05, 3.63) is 55.0 Å². The van der Waals surface area contributed by atoms with Crippen molar-refractivity contribution >= 4 is 11.6 Å². The molecule has 0 aliphatic heterocycles. The molecule has 2 heterocycles. The number of anilines is 1. The Labute approximate surface area is 152 Å². The van der Waals surface area contributed by atoms with E-state index in [1.807, 2.05) is 44.2 Å². The van der Waals surface area contributed by atoms with E-state index in [1.54, 1.807) is 47.9 Å². The van der Waals surface area contributed by atoms with Crippen LogP contribution in [0.15, 0.2) is 55.0 Å². The molecule has 7 heteroatoms. The van der Waals surface area contributed by atoms with E-state index in [4.69, 9.17) is 4.74 Å². The zero-order valence-corrected chi connectivity index (χ0v) is 15.4. The van der Waals surface area contributed by atoms with Crippen LogP contribution in [0.5, 0.6) is 5.88 Å². The number of para-hydroxylation sites is 1. The molecule has 3 rings (SSSR count). The number of nitrogens with one attached hydrogen (secondary N) is 1. The van der Waals surface area contributed by atoms with Gasteiger partial charge >= 0.3 is 0 Å². The third-order valence-electron chi connectivity index (χ3n) is 3.88. The van der Waals surface area contributed by atoms with E-state index in [0.29, 0.717) is 11.6 Å². The number of amides is 1. The minimum atomic E-state index is -1.09. The first kappa shape index (κ1) is 17.7. The highest BCUT2D eigenvalue weighted by atomic mass is 16.5. The van der Waals surface area contributed by atoms with Gasteiger partial charge in [-0.1, -0.05) is 18.2 Å². The first-order valence-electron chi connectivity index (χ1n) is 8.51. The van der Waals surface area contributed by atoms with Gasteiger partial charge in [-0.3, -0.25) is 9.48 Å². The quantitative estimate of drug-likeness (QED) is 0.737. The molecule has 7 nitrogen and oxygen atoms in total. The Balaban J connectivity index is 1.68. The number of rotatable bonds is 6. The fourth-order valence-electron chi connectivity index (χ4n) is 2.36. The minimum Gasteiger partial charge on any atom is -0.460 e. The van der Waals surface area contributed by atoms with E-state index >= 15 is 0 Å². The van der Waals surface area contributed by atoms with Crippen molar-refractivity contribution in [1.29, 1.82) is 0 Å². The van der Waals surface area contributed by atoms with Crippen LogP contribution in [0.2, 0.25) is 0 Å². The number of hydrogen-bond acceptors (Lipinski definition) is 4. The van der Waals surface area contributed by atoms with Crippen LogP contribution in [-0.4, -0.2) is 31.1 Å². The lowest BCUT2D eigenvalue weighted by molar-refractivity contribution is -0.128. The predicted octanol–water partition coefficient (Wildman–Crippen LogP) is 3.45. The molecule has 1 amide bonds. The first-order valence-corrected chi connectivity index (χ1v) is 8.51. The van der Waals surface area contributed by atoms with Crippen LogP contribution in [0.4, 0.5) is 5.69 Å². The normalized spacial score (nSPS) is 11.6. The third kappa shape index (κ3) is 3.93. The average molecular weight is 353 g/mol. The molecule has 0 saturated carbocycles. The van der Waals surface area contributed by atoms with Gasteiger partial charge in [-0.15, -0.1) is 5.10 Å². The van der Waals surface area contributed by atoms with E-state index in [9.17, 15) is 4.79 Å². The van der Waals surface area contributed by atoms with Crippen LogP contribution >= 0.6 is 0 Å². The van der Waals surface area contributed by atoms with E-state index < -0.39 is 5.60 Å². The molecule has 0 atom stereocenters. The Morgan fingerprint density at radius 3 is 2.58 bits per heavy atom. The van der Waals surface area contributed by atoms with Crippen LogP contribution < -0.4 is 10.1 Å². The zero-order valence-electron chi connectivity index (χ0n) is 15.4. The summed E-state index contributed by atoms with van der Waals surface area (Å²) in [6.07, 6.45) is 5.21. The SMILES string of the molecule is CC(C)n1cc(NC(=O)C(C)(C)Oc2ccn(-c3ccccc3)n2)cn1. The lowest BCUT2D eigenvalue weighted by atomic mass is 10.1. The molecule has 3 aromatic rings. The lowest BCUT2D eigenvalue weighted by Gasteiger charge is -2.23. The summed E-state index contributed by atoms with van der Waals surface area (Å²) in [6.45, 7) is 7.46. The monoisotopic (exact) mass is 353 g/mol. The summed E-state index contributed by atoms with van der Waals surface area (Å²) < 4.78 is 9.31. The summed E-state index contributed by atoms with van der Waals surface area (Å²) in [5.41, 5.74) is 0.469. The number of ether oxygens (including phenoxy) is 1. The second-order valence-electron chi connectivity index (χ2n) is 6.80. The molecule has 1 N–H and O–H groups in total. The summed E-state index contributed by atoms with van der Waals surface area (Å²) in [4.78, 5) is 12.6. The Hall–Kier alpha value is -3.09. The Morgan fingerprint density at radius 1 is 1.19 bits per heavy atom. The largest absolute Gasteiger partial charge is 0.460 e. The number of carbonyl (C=O) groups is 1. The molecule has 0 unspecified atom stereocenters. The Bertz CT molecular complexity index is 880. The standard InChI is InChI=1S/C19H23N5O2/c1-14(2)24-13-15(12-20-24)21-18(25)19(3,4)26-17-10-11-23(22-17)16-8-6-5-7-9-16/h5-14H,1-4H3,(H,21,25). The van der Waals surface area contributed by atoms with Crippen molar-refractivity contribution in [2.24, 2.45) is 0 Å². The van der Waals surface area contributed by atoms with Crippen LogP contribution in [0.3, 0.4) is 0 Å². The molecule has 1 aromatic carbocycles. The molecule has 0 fully saturated rings. The highest BCUT2D eigenvalue weighted by molar-refractivity contribution is 5.96. The second kappa shape index (κ2) is 7.03. The fourth-order valence-corrected chi connectivity index (χ4v) is 2.36. The van der Waals surface area contributed by atoms with E-state index in [-0.39, 0.29) is 11.9 Å². The molecule has 26 heavy (non-hydrogen) atoms. The van der Waals surface area contributed by atoms with Gasteiger partial charge in [0.15, 0.2) is 5.60 Å². The molecule has 0 aliphatic rings. The third-order valence-corrected chi connectivity index (χ3v) is 3.88. The topological polar surface area (TPSA) is 74.0 Å². The van der Waals surface area contributed by atoms with Gasteiger partial charge in [0.05, 0.1) is 17.6 Å². The maximum absolute atomic E-state index is 12.6. The van der Waals surface area contributed by atoms with E-state index in [1.165, 1.54) is 0 Å². The van der Waals surface area contributed by atoms with Crippen LogP contribution in [0, 0.1) is 0 Å². The predicted molar refractivity (Wildman–Crippen MR) is 99.5 cm³/mol. The average Bonchev–Trinajstić information content (AvgIpc) is 3.25. The van der Waals surface area contributed by atoms with Gasteiger partial charge in [0.25, 0.3) is 5.91 Å². The van der Waals surface area contributed by atoms with Crippen molar-refractivity contribution in [2.45, 2.75) is 39.3 Å². The first-order chi connectivity index (χ1) is 12.3. The van der Waals surface area contributed by atoms with Gasteiger partial charge in [0, 0.05) is 24.5 Å². The smallest absolute Gasteiger partial charge is 0.268 e. The molecule has 0 radical (unpaired) electrons. The molecule has 0 spiro atoms. The van der Waals surface area contributed by atoms with Crippen molar-refractivity contribution in [1.82, 2.24) is 19.6 Å². The molecule has 0 bridgehead atoms. The number of aromatic nitrogens is 4. The lowest BCUT2D eigenvalue weighted by Crippen LogP contribution is -2.42. The zero-order chi connectivity index (χ0) is 18.7. The van der Waals surface area contributed by atoms with Crippen molar-refractivity contribution in [2.75, 3.05) is 5.32 Å². The molecular formula is C19H23N5O2. The highest BCUT2D eigenvalue weighted by Crippen LogP contribution is 2.20. The summed E-state index contributed by atoms with van der Waals surface area (Å²) in [6, 6.07) is 11.7. The molecule has 0 aliphatic carbocycles. The van der Waals surface area contributed by atoms with Crippen molar-refractivity contribution in [3.8, 4) is 11.6 Å². The minimum absolute atomic E-state index is 0.229. The Morgan fingerprint density at radius 2 is 1.92 bits per heavy atom. The number of hydrogen-bond donors (Lipinski definition) is 1. The van der Waals surface area contributed by atoms with Gasteiger partial charge in [0.2, 0.25) is 5.88 Å².